The number of carbonyl (C=O) groups is 1. The van der Waals surface area contributed by atoms with Gasteiger partial charge in [0, 0.05) is 35.6 Å². The first-order valence-electron chi connectivity index (χ1n) is 8.09. The summed E-state index contributed by atoms with van der Waals surface area (Å²) >= 11 is 0. The Hall–Kier alpha value is -2.89. The molecule has 6 heteroatoms. The predicted molar refractivity (Wildman–Crippen MR) is 100 cm³/mol. The second kappa shape index (κ2) is 8.28. The Labute approximate surface area is 148 Å². The number of hydrogen-bond acceptors (Lipinski definition) is 4. The molecule has 0 spiro atoms. The van der Waals surface area contributed by atoms with Gasteiger partial charge in [-0.3, -0.25) is 0 Å². The summed E-state index contributed by atoms with van der Waals surface area (Å²) in [7, 11) is 3.20. The summed E-state index contributed by atoms with van der Waals surface area (Å²) in [5, 5.41) is 5.60. The molecule has 6 nitrogen and oxygen atoms in total. The fourth-order valence-corrected chi connectivity index (χ4v) is 2.64. The van der Waals surface area contributed by atoms with Gasteiger partial charge in [-0.25, -0.2) is 4.79 Å². The molecule has 2 aromatic rings. The molecular formula is C19H25N3O3. The number of rotatable bonds is 6. The van der Waals surface area contributed by atoms with E-state index in [2.05, 4.69) is 24.5 Å². The summed E-state index contributed by atoms with van der Waals surface area (Å²) in [6.07, 6.45) is 0. The molecule has 0 aliphatic heterocycles. The molecule has 0 saturated heterocycles. The number of carbonyl (C=O) groups excluding carboxylic acids is 1. The van der Waals surface area contributed by atoms with Crippen molar-refractivity contribution in [1.29, 1.82) is 0 Å². The van der Waals surface area contributed by atoms with E-state index in [1.54, 1.807) is 32.4 Å². The molecule has 0 aliphatic rings. The first kappa shape index (κ1) is 18.4. The first-order chi connectivity index (χ1) is 11.9. The van der Waals surface area contributed by atoms with Gasteiger partial charge in [0.1, 0.15) is 11.5 Å². The molecule has 0 fully saturated rings. The van der Waals surface area contributed by atoms with E-state index in [-0.39, 0.29) is 11.9 Å². The molecule has 4 N–H and O–H groups in total. The number of hydrogen-bond donors (Lipinski definition) is 3. The van der Waals surface area contributed by atoms with Gasteiger partial charge < -0.3 is 25.8 Å². The molecular weight excluding hydrogens is 318 g/mol. The molecule has 0 atom stereocenters. The highest BCUT2D eigenvalue weighted by molar-refractivity contribution is 5.90. The van der Waals surface area contributed by atoms with E-state index in [4.69, 9.17) is 15.2 Å². The van der Waals surface area contributed by atoms with Crippen molar-refractivity contribution in [2.24, 2.45) is 0 Å². The maximum Gasteiger partial charge on any atom is 0.319 e. The number of nitrogens with two attached hydrogens (primary N) is 1. The lowest BCUT2D eigenvalue weighted by Gasteiger charge is -2.18. The van der Waals surface area contributed by atoms with Gasteiger partial charge in [-0.05, 0) is 23.6 Å². The van der Waals surface area contributed by atoms with Crippen molar-refractivity contribution in [3.8, 4) is 11.5 Å². The number of methoxy groups -OCH3 is 2. The van der Waals surface area contributed by atoms with E-state index in [1.807, 2.05) is 18.2 Å². The van der Waals surface area contributed by atoms with Gasteiger partial charge >= 0.3 is 6.03 Å². The van der Waals surface area contributed by atoms with E-state index in [1.165, 1.54) is 0 Å². The minimum absolute atomic E-state index is 0.233. The summed E-state index contributed by atoms with van der Waals surface area (Å²) in [6, 6.07) is 10.6. The van der Waals surface area contributed by atoms with Gasteiger partial charge in [-0.2, -0.15) is 0 Å². The van der Waals surface area contributed by atoms with Crippen LogP contribution in [-0.4, -0.2) is 20.3 Å². The molecule has 0 unspecified atom stereocenters. The molecule has 25 heavy (non-hydrogen) atoms. The maximum absolute atomic E-state index is 12.2. The second-order valence-corrected chi connectivity index (χ2v) is 6.00. The zero-order valence-corrected chi connectivity index (χ0v) is 15.1. The summed E-state index contributed by atoms with van der Waals surface area (Å²) < 4.78 is 10.9. The highest BCUT2D eigenvalue weighted by atomic mass is 16.5. The minimum atomic E-state index is -0.316. The molecule has 0 radical (unpaired) electrons. The van der Waals surface area contributed by atoms with Crippen LogP contribution in [0, 0.1) is 0 Å². The second-order valence-electron chi connectivity index (χ2n) is 6.00. The van der Waals surface area contributed by atoms with Crippen LogP contribution < -0.4 is 25.8 Å². The number of urea groups is 1. The monoisotopic (exact) mass is 343 g/mol. The highest BCUT2D eigenvalue weighted by Gasteiger charge is 2.16. The first-order valence-corrected chi connectivity index (χ1v) is 8.09. The smallest absolute Gasteiger partial charge is 0.319 e. The lowest BCUT2D eigenvalue weighted by molar-refractivity contribution is 0.251. The van der Waals surface area contributed by atoms with Crippen LogP contribution in [0.1, 0.15) is 30.9 Å². The Bertz CT molecular complexity index is 719. The predicted octanol–water partition coefficient (Wildman–Crippen LogP) is 3.73. The number of nitrogens with one attached hydrogen (secondary N) is 2. The zero-order valence-electron chi connectivity index (χ0n) is 15.1. The largest absolute Gasteiger partial charge is 0.496 e. The van der Waals surface area contributed by atoms with Crippen LogP contribution in [0.15, 0.2) is 36.4 Å². The summed E-state index contributed by atoms with van der Waals surface area (Å²) in [5.41, 5.74) is 8.90. The third kappa shape index (κ3) is 4.79. The van der Waals surface area contributed by atoms with Crippen LogP contribution >= 0.6 is 0 Å². The quantitative estimate of drug-likeness (QED) is 0.698. The molecule has 0 saturated carbocycles. The van der Waals surface area contributed by atoms with Gasteiger partial charge in [0.25, 0.3) is 0 Å². The fourth-order valence-electron chi connectivity index (χ4n) is 2.64. The minimum Gasteiger partial charge on any atom is -0.496 e. The number of nitrogen functional groups attached to an aromatic ring is 1. The van der Waals surface area contributed by atoms with Crippen molar-refractivity contribution in [1.82, 2.24) is 5.32 Å². The van der Waals surface area contributed by atoms with E-state index in [9.17, 15) is 4.79 Å². The number of benzene rings is 2. The van der Waals surface area contributed by atoms with Crippen LogP contribution in [0.5, 0.6) is 11.5 Å². The van der Waals surface area contributed by atoms with Gasteiger partial charge in [-0.15, -0.1) is 0 Å². The van der Waals surface area contributed by atoms with E-state index < -0.39 is 0 Å². The van der Waals surface area contributed by atoms with Gasteiger partial charge in [0.05, 0.1) is 14.2 Å². The third-order valence-corrected chi connectivity index (χ3v) is 3.78. The Kier molecular flexibility index (Phi) is 6.11. The Balaban J connectivity index is 2.09. The Morgan fingerprint density at radius 1 is 1.12 bits per heavy atom. The summed E-state index contributed by atoms with van der Waals surface area (Å²) in [5.74, 6) is 1.59. The molecule has 0 aromatic heterocycles. The standard InChI is InChI=1S/C19H25N3O3/c1-12(2)18-16(24-3)9-15(10-17(18)25-4)22-19(23)21-11-13-6-5-7-14(20)8-13/h5-10,12H,11,20H2,1-4H3,(H2,21,22,23). The molecule has 2 amide bonds. The maximum atomic E-state index is 12.2. The van der Waals surface area contributed by atoms with E-state index >= 15 is 0 Å². The van der Waals surface area contributed by atoms with Gasteiger partial charge in [0.15, 0.2) is 0 Å². The van der Waals surface area contributed by atoms with Crippen molar-refractivity contribution < 1.29 is 14.3 Å². The van der Waals surface area contributed by atoms with Gasteiger partial charge in [-0.1, -0.05) is 26.0 Å². The van der Waals surface area contributed by atoms with Crippen molar-refractivity contribution in [2.45, 2.75) is 26.3 Å². The van der Waals surface area contributed by atoms with Crippen LogP contribution in [0.3, 0.4) is 0 Å². The van der Waals surface area contributed by atoms with E-state index in [0.29, 0.717) is 29.4 Å². The van der Waals surface area contributed by atoms with E-state index in [0.717, 1.165) is 11.1 Å². The lowest BCUT2D eigenvalue weighted by atomic mass is 10.00. The summed E-state index contributed by atoms with van der Waals surface area (Å²) in [6.45, 7) is 4.51. The number of amides is 2. The van der Waals surface area contributed by atoms with Crippen LogP contribution in [0.2, 0.25) is 0 Å². The van der Waals surface area contributed by atoms with Crippen LogP contribution in [0.4, 0.5) is 16.2 Å². The van der Waals surface area contributed by atoms with Crippen LogP contribution in [0.25, 0.3) is 0 Å². The molecule has 134 valence electrons. The van der Waals surface area contributed by atoms with Crippen molar-refractivity contribution in [3.05, 3.63) is 47.5 Å². The third-order valence-electron chi connectivity index (χ3n) is 3.78. The number of ether oxygens (including phenoxy) is 2. The summed E-state index contributed by atoms with van der Waals surface area (Å²) in [4.78, 5) is 12.2. The number of anilines is 2. The van der Waals surface area contributed by atoms with Crippen LogP contribution in [-0.2, 0) is 6.54 Å². The Morgan fingerprint density at radius 2 is 1.76 bits per heavy atom. The normalized spacial score (nSPS) is 10.4. The van der Waals surface area contributed by atoms with Crippen molar-refractivity contribution >= 4 is 17.4 Å². The molecule has 0 bridgehead atoms. The zero-order chi connectivity index (χ0) is 18.4. The molecule has 2 aromatic carbocycles. The average molecular weight is 343 g/mol. The molecule has 0 aliphatic carbocycles. The topological polar surface area (TPSA) is 85.6 Å². The average Bonchev–Trinajstić information content (AvgIpc) is 2.58. The SMILES string of the molecule is COc1cc(NC(=O)NCc2cccc(N)c2)cc(OC)c1C(C)C. The van der Waals surface area contributed by atoms with Gasteiger partial charge in [0.2, 0.25) is 0 Å². The highest BCUT2D eigenvalue weighted by Crippen LogP contribution is 2.38. The fraction of sp³-hybridized carbons (Fsp3) is 0.316. The molecule has 2 rings (SSSR count). The van der Waals surface area contributed by atoms with Crippen molar-refractivity contribution in [2.75, 3.05) is 25.3 Å². The Morgan fingerprint density at radius 3 is 2.28 bits per heavy atom. The van der Waals surface area contributed by atoms with Crippen molar-refractivity contribution in [3.63, 3.8) is 0 Å². The molecule has 0 heterocycles. The lowest BCUT2D eigenvalue weighted by Crippen LogP contribution is -2.28.